The SMILES string of the molecule is COc1cc(C=CC(=O)C(=Cc2ccc(O)c(OC)c2)C(=O)C=CC2(O)C(C)=CCCC2(C)C)ccc1O. The molecule has 1 unspecified atom stereocenters. The van der Waals surface area contributed by atoms with Gasteiger partial charge >= 0.3 is 0 Å². The lowest BCUT2D eigenvalue weighted by Gasteiger charge is -2.44. The largest absolute Gasteiger partial charge is 0.504 e. The van der Waals surface area contributed by atoms with Gasteiger partial charge in [0.2, 0.25) is 0 Å². The lowest BCUT2D eigenvalue weighted by atomic mass is 9.65. The van der Waals surface area contributed by atoms with Crippen LogP contribution in [0.2, 0.25) is 0 Å². The molecule has 3 N–H and O–H groups in total. The van der Waals surface area contributed by atoms with Crippen LogP contribution in [0.25, 0.3) is 12.2 Å². The molecule has 0 amide bonds. The summed E-state index contributed by atoms with van der Waals surface area (Å²) in [6, 6.07) is 9.09. The van der Waals surface area contributed by atoms with Gasteiger partial charge in [-0.25, -0.2) is 0 Å². The number of ether oxygens (including phenoxy) is 2. The van der Waals surface area contributed by atoms with Crippen molar-refractivity contribution < 1.29 is 34.4 Å². The van der Waals surface area contributed by atoms with Crippen LogP contribution in [0.5, 0.6) is 23.0 Å². The molecule has 1 aliphatic rings. The maximum absolute atomic E-state index is 13.4. The van der Waals surface area contributed by atoms with E-state index < -0.39 is 22.6 Å². The minimum Gasteiger partial charge on any atom is -0.504 e. The molecule has 0 saturated heterocycles. The van der Waals surface area contributed by atoms with Gasteiger partial charge in [-0.05, 0) is 85.0 Å². The summed E-state index contributed by atoms with van der Waals surface area (Å²) in [6.07, 6.45) is 10.4. The lowest BCUT2D eigenvalue weighted by molar-refractivity contribution is -0.116. The van der Waals surface area contributed by atoms with Gasteiger partial charge in [0.1, 0.15) is 5.60 Å². The average molecular weight is 519 g/mol. The van der Waals surface area contributed by atoms with E-state index in [1.165, 1.54) is 62.8 Å². The fraction of sp³-hybridized carbons (Fsp3) is 0.290. The number of phenolic OH excluding ortho intramolecular Hbond substituents is 2. The number of ketones is 2. The average Bonchev–Trinajstić information content (AvgIpc) is 2.89. The smallest absolute Gasteiger partial charge is 0.189 e. The quantitative estimate of drug-likeness (QED) is 0.176. The second kappa shape index (κ2) is 11.5. The summed E-state index contributed by atoms with van der Waals surface area (Å²) < 4.78 is 10.3. The highest BCUT2D eigenvalue weighted by Crippen LogP contribution is 2.45. The number of methoxy groups -OCH3 is 2. The van der Waals surface area contributed by atoms with Crippen LogP contribution in [0.4, 0.5) is 0 Å². The topological polar surface area (TPSA) is 113 Å². The number of benzene rings is 2. The first-order chi connectivity index (χ1) is 17.9. The number of phenols is 2. The van der Waals surface area contributed by atoms with Gasteiger partial charge in [-0.1, -0.05) is 38.1 Å². The highest BCUT2D eigenvalue weighted by Gasteiger charge is 2.44. The van der Waals surface area contributed by atoms with E-state index in [4.69, 9.17) is 9.47 Å². The van der Waals surface area contributed by atoms with Crippen LogP contribution in [0.3, 0.4) is 0 Å². The van der Waals surface area contributed by atoms with Crippen LogP contribution in [-0.4, -0.2) is 46.7 Å². The molecular weight excluding hydrogens is 484 g/mol. The molecule has 2 aromatic carbocycles. The monoisotopic (exact) mass is 518 g/mol. The van der Waals surface area contributed by atoms with Crippen molar-refractivity contribution in [2.24, 2.45) is 5.41 Å². The predicted octanol–water partition coefficient (Wildman–Crippen LogP) is 5.40. The zero-order valence-electron chi connectivity index (χ0n) is 22.3. The van der Waals surface area contributed by atoms with Gasteiger partial charge in [0, 0.05) is 5.41 Å². The van der Waals surface area contributed by atoms with Crippen LogP contribution in [0.15, 0.2) is 71.8 Å². The Bertz CT molecular complexity index is 1340. The number of rotatable bonds is 9. The molecule has 0 aromatic heterocycles. The van der Waals surface area contributed by atoms with Crippen molar-refractivity contribution >= 4 is 23.7 Å². The number of carbonyl (C=O) groups excluding carboxylic acids is 2. The van der Waals surface area contributed by atoms with Crippen molar-refractivity contribution in [2.45, 2.75) is 39.2 Å². The van der Waals surface area contributed by atoms with Gasteiger partial charge < -0.3 is 24.8 Å². The molecule has 3 rings (SSSR count). The molecule has 0 heterocycles. The Morgan fingerprint density at radius 3 is 2.03 bits per heavy atom. The van der Waals surface area contributed by atoms with E-state index in [1.807, 2.05) is 26.8 Å². The number of aromatic hydroxyl groups is 2. The molecule has 0 spiro atoms. The fourth-order valence-corrected chi connectivity index (χ4v) is 4.45. The summed E-state index contributed by atoms with van der Waals surface area (Å²) >= 11 is 0. The first kappa shape index (κ1) is 28.5. The molecule has 1 aliphatic carbocycles. The second-order valence-corrected chi connectivity index (χ2v) is 9.89. The first-order valence-electron chi connectivity index (χ1n) is 12.2. The van der Waals surface area contributed by atoms with Gasteiger partial charge in [-0.2, -0.15) is 0 Å². The van der Waals surface area contributed by atoms with Crippen molar-refractivity contribution in [3.63, 3.8) is 0 Å². The van der Waals surface area contributed by atoms with Crippen molar-refractivity contribution in [3.05, 3.63) is 83.0 Å². The van der Waals surface area contributed by atoms with E-state index in [1.54, 1.807) is 18.2 Å². The van der Waals surface area contributed by atoms with E-state index in [2.05, 4.69) is 0 Å². The maximum atomic E-state index is 13.4. The highest BCUT2D eigenvalue weighted by molar-refractivity contribution is 6.30. The molecule has 1 atom stereocenters. The molecule has 7 heteroatoms. The lowest BCUT2D eigenvalue weighted by Crippen LogP contribution is -2.46. The van der Waals surface area contributed by atoms with E-state index in [0.29, 0.717) is 11.1 Å². The van der Waals surface area contributed by atoms with Gasteiger partial charge in [-0.15, -0.1) is 0 Å². The van der Waals surface area contributed by atoms with E-state index in [-0.39, 0.29) is 28.6 Å². The molecule has 7 nitrogen and oxygen atoms in total. The molecule has 0 radical (unpaired) electrons. The fourth-order valence-electron chi connectivity index (χ4n) is 4.45. The molecular formula is C31H34O7. The third kappa shape index (κ3) is 6.06. The highest BCUT2D eigenvalue weighted by atomic mass is 16.5. The van der Waals surface area contributed by atoms with Crippen LogP contribution >= 0.6 is 0 Å². The molecule has 200 valence electrons. The van der Waals surface area contributed by atoms with E-state index in [0.717, 1.165) is 18.4 Å². The molecule has 38 heavy (non-hydrogen) atoms. The van der Waals surface area contributed by atoms with Gasteiger partial charge in [0.15, 0.2) is 34.6 Å². The van der Waals surface area contributed by atoms with Crippen LogP contribution in [-0.2, 0) is 9.59 Å². The molecule has 0 fully saturated rings. The van der Waals surface area contributed by atoms with Crippen molar-refractivity contribution in [1.82, 2.24) is 0 Å². The van der Waals surface area contributed by atoms with E-state index in [9.17, 15) is 24.9 Å². The summed E-state index contributed by atoms with van der Waals surface area (Å²) in [5.74, 6) is -0.824. The summed E-state index contributed by atoms with van der Waals surface area (Å²) in [5, 5.41) is 31.2. The normalized spacial score (nSPS) is 19.4. The molecule has 2 aromatic rings. The maximum Gasteiger partial charge on any atom is 0.189 e. The Labute approximate surface area is 223 Å². The van der Waals surface area contributed by atoms with Crippen LogP contribution in [0.1, 0.15) is 44.7 Å². The minimum absolute atomic E-state index is 0.0360. The number of hydrogen-bond donors (Lipinski definition) is 3. The number of allylic oxidation sites excluding steroid dienone is 4. The third-order valence-electron chi connectivity index (χ3n) is 7.01. The Kier molecular flexibility index (Phi) is 8.63. The van der Waals surface area contributed by atoms with Crippen molar-refractivity contribution in [2.75, 3.05) is 14.2 Å². The number of carbonyl (C=O) groups is 2. The summed E-state index contributed by atoms with van der Waals surface area (Å²) in [6.45, 7) is 5.71. The third-order valence-corrected chi connectivity index (χ3v) is 7.01. The Hall–Kier alpha value is -4.10. The molecule has 0 bridgehead atoms. The second-order valence-electron chi connectivity index (χ2n) is 9.89. The summed E-state index contributed by atoms with van der Waals surface area (Å²) in [5.41, 5.74) is -0.180. The zero-order valence-corrected chi connectivity index (χ0v) is 22.3. The minimum atomic E-state index is -1.34. The summed E-state index contributed by atoms with van der Waals surface area (Å²) in [7, 11) is 2.82. The Morgan fingerprint density at radius 1 is 0.895 bits per heavy atom. The van der Waals surface area contributed by atoms with Crippen LogP contribution < -0.4 is 9.47 Å². The number of hydrogen-bond acceptors (Lipinski definition) is 7. The Balaban J connectivity index is 2.01. The summed E-state index contributed by atoms with van der Waals surface area (Å²) in [4.78, 5) is 26.7. The van der Waals surface area contributed by atoms with Gasteiger partial charge in [0.05, 0.1) is 19.8 Å². The first-order valence-corrected chi connectivity index (χ1v) is 12.2. The van der Waals surface area contributed by atoms with Gasteiger partial charge in [-0.3, -0.25) is 9.59 Å². The van der Waals surface area contributed by atoms with Crippen molar-refractivity contribution in [1.29, 1.82) is 0 Å². The molecule has 0 saturated carbocycles. The Morgan fingerprint density at radius 2 is 1.45 bits per heavy atom. The van der Waals surface area contributed by atoms with Crippen molar-refractivity contribution in [3.8, 4) is 23.0 Å². The molecule has 0 aliphatic heterocycles. The standard InChI is InChI=1S/C31H34O7/c1-20-7-6-15-30(2,3)31(20,36)16-14-25(33)23(17-22-10-13-27(35)29(19-22)38-5)24(32)11-8-21-9-12-26(34)28(18-21)37-4/h7-14,16-19,34-36H,6,15H2,1-5H3. The van der Waals surface area contributed by atoms with E-state index >= 15 is 0 Å². The van der Waals surface area contributed by atoms with Gasteiger partial charge in [0.25, 0.3) is 0 Å². The zero-order chi connectivity index (χ0) is 28.1. The predicted molar refractivity (Wildman–Crippen MR) is 147 cm³/mol. The van der Waals surface area contributed by atoms with Crippen LogP contribution in [0, 0.1) is 5.41 Å². The number of aliphatic hydroxyl groups is 1.